The van der Waals surface area contributed by atoms with Gasteiger partial charge < -0.3 is 0 Å². The molecule has 0 amide bonds. The molecule has 0 saturated heterocycles. The molecule has 2 heteroatoms. The lowest BCUT2D eigenvalue weighted by Gasteiger charge is -2.06. The maximum Gasteiger partial charge on any atom is 0.150 e. The Kier molecular flexibility index (Phi) is 3.10. The van der Waals surface area contributed by atoms with E-state index in [0.717, 1.165) is 23.8 Å². The number of hydrogen-bond acceptors (Lipinski definition) is 2. The van der Waals surface area contributed by atoms with Gasteiger partial charge in [0.15, 0.2) is 0 Å². The molecular weight excluding hydrogens is 198 g/mol. The minimum absolute atomic E-state index is 0.766. The number of rotatable bonds is 3. The van der Waals surface area contributed by atoms with Gasteiger partial charge >= 0.3 is 0 Å². The summed E-state index contributed by atoms with van der Waals surface area (Å²) in [4.78, 5) is 14.9. The molecule has 1 heterocycles. The first-order chi connectivity index (χ1) is 7.79. The second-order valence-corrected chi connectivity index (χ2v) is 3.85. The summed E-state index contributed by atoms with van der Waals surface area (Å²) < 4.78 is 0. The number of hydrogen-bond donors (Lipinski definition) is 0. The molecule has 0 unspecified atom stereocenters. The van der Waals surface area contributed by atoms with Crippen molar-refractivity contribution in [2.75, 3.05) is 0 Å². The van der Waals surface area contributed by atoms with E-state index < -0.39 is 0 Å². The molecule has 0 bridgehead atoms. The third kappa shape index (κ3) is 2.34. The summed E-state index contributed by atoms with van der Waals surface area (Å²) in [6.07, 6.45) is 5.23. The number of aromatic nitrogens is 1. The fourth-order valence-electron chi connectivity index (χ4n) is 1.72. The second kappa shape index (κ2) is 4.71. The standard InChI is InChI=1S/C14H13NO/c1-11-2-3-13(10-16)14(8-11)9-12-4-6-15-7-5-12/h2-8,10H,9H2,1H3. The predicted molar refractivity (Wildman–Crippen MR) is 63.6 cm³/mol. The molecular formula is C14H13NO. The van der Waals surface area contributed by atoms with Crippen LogP contribution in [0.4, 0.5) is 0 Å². The van der Waals surface area contributed by atoms with E-state index in [2.05, 4.69) is 11.1 Å². The van der Waals surface area contributed by atoms with Crippen LogP contribution in [0.15, 0.2) is 42.7 Å². The number of benzene rings is 1. The molecule has 16 heavy (non-hydrogen) atoms. The van der Waals surface area contributed by atoms with E-state index in [4.69, 9.17) is 0 Å². The maximum absolute atomic E-state index is 10.9. The van der Waals surface area contributed by atoms with Crippen molar-refractivity contribution in [3.05, 3.63) is 65.0 Å². The highest BCUT2D eigenvalue weighted by Crippen LogP contribution is 2.14. The summed E-state index contributed by atoms with van der Waals surface area (Å²) in [6.45, 7) is 2.03. The van der Waals surface area contributed by atoms with Gasteiger partial charge in [0.25, 0.3) is 0 Å². The summed E-state index contributed by atoms with van der Waals surface area (Å²) >= 11 is 0. The molecule has 1 aromatic heterocycles. The summed E-state index contributed by atoms with van der Waals surface area (Å²) in [7, 11) is 0. The zero-order chi connectivity index (χ0) is 11.4. The van der Waals surface area contributed by atoms with Crippen molar-refractivity contribution in [1.82, 2.24) is 4.98 Å². The molecule has 0 saturated carbocycles. The van der Waals surface area contributed by atoms with Crippen LogP contribution < -0.4 is 0 Å². The van der Waals surface area contributed by atoms with Crippen molar-refractivity contribution in [3.63, 3.8) is 0 Å². The van der Waals surface area contributed by atoms with Crippen molar-refractivity contribution in [2.24, 2.45) is 0 Å². The highest BCUT2D eigenvalue weighted by atomic mass is 16.1. The molecule has 0 aliphatic heterocycles. The first-order valence-electron chi connectivity index (χ1n) is 5.23. The first-order valence-corrected chi connectivity index (χ1v) is 5.23. The lowest BCUT2D eigenvalue weighted by atomic mass is 9.99. The molecule has 0 N–H and O–H groups in total. The predicted octanol–water partition coefficient (Wildman–Crippen LogP) is 2.79. The Morgan fingerprint density at radius 1 is 1.19 bits per heavy atom. The summed E-state index contributed by atoms with van der Waals surface area (Å²) in [5.74, 6) is 0. The van der Waals surface area contributed by atoms with Crippen LogP contribution in [0.5, 0.6) is 0 Å². The van der Waals surface area contributed by atoms with Crippen LogP contribution in [-0.4, -0.2) is 11.3 Å². The van der Waals surface area contributed by atoms with E-state index in [1.54, 1.807) is 12.4 Å². The molecule has 2 rings (SSSR count). The van der Waals surface area contributed by atoms with Gasteiger partial charge in [0.1, 0.15) is 6.29 Å². The fraction of sp³-hybridized carbons (Fsp3) is 0.143. The van der Waals surface area contributed by atoms with Gasteiger partial charge in [-0.1, -0.05) is 23.8 Å². The van der Waals surface area contributed by atoms with E-state index in [1.165, 1.54) is 11.1 Å². The highest BCUT2D eigenvalue weighted by molar-refractivity contribution is 5.77. The van der Waals surface area contributed by atoms with Gasteiger partial charge in [0.2, 0.25) is 0 Å². The first kappa shape index (κ1) is 10.6. The largest absolute Gasteiger partial charge is 0.298 e. The summed E-state index contributed by atoms with van der Waals surface area (Å²) in [6, 6.07) is 9.83. The van der Waals surface area contributed by atoms with Crippen LogP contribution in [-0.2, 0) is 6.42 Å². The van der Waals surface area contributed by atoms with Gasteiger partial charge in [-0.25, -0.2) is 0 Å². The highest BCUT2D eigenvalue weighted by Gasteiger charge is 2.03. The van der Waals surface area contributed by atoms with E-state index in [-0.39, 0.29) is 0 Å². The van der Waals surface area contributed by atoms with Crippen LogP contribution in [0.1, 0.15) is 27.0 Å². The average molecular weight is 211 g/mol. The van der Waals surface area contributed by atoms with Crippen LogP contribution in [0.2, 0.25) is 0 Å². The fourth-order valence-corrected chi connectivity index (χ4v) is 1.72. The third-order valence-corrected chi connectivity index (χ3v) is 2.57. The Morgan fingerprint density at radius 3 is 2.62 bits per heavy atom. The van der Waals surface area contributed by atoms with Crippen LogP contribution >= 0.6 is 0 Å². The molecule has 0 fully saturated rings. The Hall–Kier alpha value is -1.96. The molecule has 0 spiro atoms. The van der Waals surface area contributed by atoms with Gasteiger partial charge in [0, 0.05) is 18.0 Å². The van der Waals surface area contributed by atoms with Gasteiger partial charge in [-0.05, 0) is 36.6 Å². The number of pyridine rings is 1. The zero-order valence-corrected chi connectivity index (χ0v) is 9.18. The Balaban J connectivity index is 2.33. The van der Waals surface area contributed by atoms with Gasteiger partial charge in [-0.3, -0.25) is 9.78 Å². The van der Waals surface area contributed by atoms with Crippen molar-refractivity contribution >= 4 is 6.29 Å². The SMILES string of the molecule is Cc1ccc(C=O)c(Cc2ccncc2)c1. The molecule has 0 radical (unpaired) electrons. The van der Waals surface area contributed by atoms with Gasteiger partial charge in [0.05, 0.1) is 0 Å². The van der Waals surface area contributed by atoms with E-state index in [0.29, 0.717) is 0 Å². The Labute approximate surface area is 95.0 Å². The maximum atomic E-state index is 10.9. The lowest BCUT2D eigenvalue weighted by molar-refractivity contribution is 0.112. The number of carbonyl (C=O) groups is 1. The smallest absolute Gasteiger partial charge is 0.150 e. The van der Waals surface area contributed by atoms with Crippen molar-refractivity contribution < 1.29 is 4.79 Å². The normalized spacial score (nSPS) is 10.1. The molecule has 80 valence electrons. The number of aldehydes is 1. The van der Waals surface area contributed by atoms with Crippen LogP contribution in [0.3, 0.4) is 0 Å². The minimum Gasteiger partial charge on any atom is -0.298 e. The zero-order valence-electron chi connectivity index (χ0n) is 9.18. The van der Waals surface area contributed by atoms with Crippen molar-refractivity contribution in [2.45, 2.75) is 13.3 Å². The summed E-state index contributed by atoms with van der Waals surface area (Å²) in [5.41, 5.74) is 4.18. The second-order valence-electron chi connectivity index (χ2n) is 3.85. The number of carbonyl (C=O) groups excluding carboxylic acids is 1. The van der Waals surface area contributed by atoms with E-state index in [9.17, 15) is 4.79 Å². The average Bonchev–Trinajstić information content (AvgIpc) is 2.31. The number of nitrogens with zero attached hydrogens (tertiary/aromatic N) is 1. The quantitative estimate of drug-likeness (QED) is 0.731. The van der Waals surface area contributed by atoms with E-state index in [1.807, 2.05) is 31.2 Å². The van der Waals surface area contributed by atoms with Crippen LogP contribution in [0, 0.1) is 6.92 Å². The molecule has 0 atom stereocenters. The van der Waals surface area contributed by atoms with E-state index >= 15 is 0 Å². The van der Waals surface area contributed by atoms with Crippen molar-refractivity contribution in [1.29, 1.82) is 0 Å². The van der Waals surface area contributed by atoms with Gasteiger partial charge in [-0.2, -0.15) is 0 Å². The molecule has 2 nitrogen and oxygen atoms in total. The topological polar surface area (TPSA) is 30.0 Å². The molecule has 0 aliphatic rings. The monoisotopic (exact) mass is 211 g/mol. The third-order valence-electron chi connectivity index (χ3n) is 2.57. The Bertz CT molecular complexity index is 491. The van der Waals surface area contributed by atoms with Crippen molar-refractivity contribution in [3.8, 4) is 0 Å². The molecule has 0 aliphatic carbocycles. The summed E-state index contributed by atoms with van der Waals surface area (Å²) in [5, 5.41) is 0. The molecule has 1 aromatic carbocycles. The number of aryl methyl sites for hydroxylation is 1. The Morgan fingerprint density at radius 2 is 1.94 bits per heavy atom. The lowest BCUT2D eigenvalue weighted by Crippen LogP contribution is -1.95. The van der Waals surface area contributed by atoms with Crippen LogP contribution in [0.25, 0.3) is 0 Å². The molecule has 2 aromatic rings. The van der Waals surface area contributed by atoms with Gasteiger partial charge in [-0.15, -0.1) is 0 Å². The minimum atomic E-state index is 0.766.